The van der Waals surface area contributed by atoms with E-state index in [2.05, 4.69) is 10.3 Å². The summed E-state index contributed by atoms with van der Waals surface area (Å²) in [6.07, 6.45) is 2.39. The minimum absolute atomic E-state index is 0.0671. The lowest BCUT2D eigenvalue weighted by molar-refractivity contribution is -0.129. The average Bonchev–Trinajstić information content (AvgIpc) is 3.15. The van der Waals surface area contributed by atoms with Gasteiger partial charge in [0, 0.05) is 31.7 Å². The largest absolute Gasteiger partial charge is 0.465 e. The van der Waals surface area contributed by atoms with Crippen LogP contribution in [-0.2, 0) is 9.53 Å². The number of amides is 2. The van der Waals surface area contributed by atoms with Crippen LogP contribution in [0.15, 0.2) is 0 Å². The van der Waals surface area contributed by atoms with Crippen molar-refractivity contribution in [1.82, 2.24) is 15.2 Å². The minimum Gasteiger partial charge on any atom is -0.465 e. The Bertz CT molecular complexity index is 615. The summed E-state index contributed by atoms with van der Waals surface area (Å²) in [5.74, 6) is -0.730. The second kappa shape index (κ2) is 7.30. The Labute approximate surface area is 135 Å². The Morgan fingerprint density at radius 2 is 1.87 bits per heavy atom. The van der Waals surface area contributed by atoms with E-state index in [1.807, 2.05) is 4.90 Å². The number of aryl methyl sites for hydroxylation is 1. The van der Waals surface area contributed by atoms with E-state index in [9.17, 15) is 14.4 Å². The van der Waals surface area contributed by atoms with Crippen LogP contribution in [0.3, 0.4) is 0 Å². The van der Waals surface area contributed by atoms with Gasteiger partial charge in [-0.15, -0.1) is 0 Å². The standard InChI is InChI=1S/C16H23N3O4/c1-10-13(16(22)23-3)11(2)18-14(10)15(21)17-7-6-12(20)19-8-4-5-9-19/h18H,4-9H2,1-3H3,(H,17,21). The second-order valence-electron chi connectivity index (χ2n) is 5.71. The number of methoxy groups -OCH3 is 1. The maximum absolute atomic E-state index is 12.2. The average molecular weight is 321 g/mol. The van der Waals surface area contributed by atoms with Gasteiger partial charge in [-0.3, -0.25) is 9.59 Å². The van der Waals surface area contributed by atoms with Crippen molar-refractivity contribution in [3.05, 3.63) is 22.5 Å². The molecule has 2 heterocycles. The zero-order chi connectivity index (χ0) is 17.0. The molecule has 0 bridgehead atoms. The molecular weight excluding hydrogens is 298 g/mol. The lowest BCUT2D eigenvalue weighted by Gasteiger charge is -2.15. The van der Waals surface area contributed by atoms with Crippen molar-refractivity contribution in [3.8, 4) is 0 Å². The molecule has 0 unspecified atom stereocenters. The van der Waals surface area contributed by atoms with E-state index in [0.29, 0.717) is 22.5 Å². The number of likely N-dealkylation sites (tertiary alicyclic amines) is 1. The van der Waals surface area contributed by atoms with Gasteiger partial charge in [0.25, 0.3) is 5.91 Å². The number of esters is 1. The van der Waals surface area contributed by atoms with E-state index in [1.54, 1.807) is 13.8 Å². The molecule has 1 aromatic rings. The summed E-state index contributed by atoms with van der Waals surface area (Å²) in [7, 11) is 1.30. The normalized spacial score (nSPS) is 14.0. The van der Waals surface area contributed by atoms with Crippen LogP contribution in [0.4, 0.5) is 0 Å². The highest BCUT2D eigenvalue weighted by Crippen LogP contribution is 2.18. The summed E-state index contributed by atoms with van der Waals surface area (Å²) >= 11 is 0. The number of nitrogens with zero attached hydrogens (tertiary/aromatic N) is 1. The van der Waals surface area contributed by atoms with E-state index in [0.717, 1.165) is 25.9 Å². The summed E-state index contributed by atoms with van der Waals surface area (Å²) in [6.45, 7) is 5.31. The molecule has 0 spiro atoms. The topological polar surface area (TPSA) is 91.5 Å². The van der Waals surface area contributed by atoms with Gasteiger partial charge in [-0.25, -0.2) is 4.79 Å². The van der Waals surface area contributed by atoms with Crippen molar-refractivity contribution in [2.24, 2.45) is 0 Å². The number of rotatable bonds is 5. The fourth-order valence-corrected chi connectivity index (χ4v) is 2.88. The van der Waals surface area contributed by atoms with Crippen LogP contribution in [0.2, 0.25) is 0 Å². The highest BCUT2D eigenvalue weighted by Gasteiger charge is 2.23. The fraction of sp³-hybridized carbons (Fsp3) is 0.562. The van der Waals surface area contributed by atoms with E-state index in [1.165, 1.54) is 7.11 Å². The molecule has 1 aliphatic heterocycles. The highest BCUT2D eigenvalue weighted by atomic mass is 16.5. The molecule has 126 valence electrons. The predicted molar refractivity (Wildman–Crippen MR) is 84.4 cm³/mol. The van der Waals surface area contributed by atoms with Gasteiger partial charge in [-0.05, 0) is 32.3 Å². The number of nitrogens with one attached hydrogen (secondary N) is 2. The van der Waals surface area contributed by atoms with Crippen LogP contribution in [0.1, 0.15) is 51.4 Å². The number of hydrogen-bond donors (Lipinski definition) is 2. The smallest absolute Gasteiger partial charge is 0.339 e. The molecule has 7 nitrogen and oxygen atoms in total. The Morgan fingerprint density at radius 1 is 1.22 bits per heavy atom. The number of ether oxygens (including phenoxy) is 1. The van der Waals surface area contributed by atoms with Crippen molar-refractivity contribution in [3.63, 3.8) is 0 Å². The van der Waals surface area contributed by atoms with Crippen LogP contribution in [-0.4, -0.2) is 54.4 Å². The molecule has 0 radical (unpaired) electrons. The molecule has 0 aromatic carbocycles. The first kappa shape index (κ1) is 17.1. The van der Waals surface area contributed by atoms with Gasteiger partial charge in [0.1, 0.15) is 5.69 Å². The molecule has 23 heavy (non-hydrogen) atoms. The van der Waals surface area contributed by atoms with Crippen molar-refractivity contribution < 1.29 is 19.1 Å². The third-order valence-corrected chi connectivity index (χ3v) is 4.14. The van der Waals surface area contributed by atoms with Crippen LogP contribution >= 0.6 is 0 Å². The summed E-state index contributed by atoms with van der Waals surface area (Å²) < 4.78 is 4.72. The molecule has 1 fully saturated rings. The molecule has 0 atom stereocenters. The molecule has 1 saturated heterocycles. The van der Waals surface area contributed by atoms with Gasteiger partial charge in [0.05, 0.1) is 12.7 Å². The molecule has 2 rings (SSSR count). The zero-order valence-corrected chi connectivity index (χ0v) is 13.8. The molecule has 2 amide bonds. The first-order valence-corrected chi connectivity index (χ1v) is 7.79. The van der Waals surface area contributed by atoms with E-state index >= 15 is 0 Å². The van der Waals surface area contributed by atoms with E-state index < -0.39 is 5.97 Å². The van der Waals surface area contributed by atoms with Crippen LogP contribution in [0.5, 0.6) is 0 Å². The number of hydrogen-bond acceptors (Lipinski definition) is 4. The third-order valence-electron chi connectivity index (χ3n) is 4.14. The molecule has 0 aliphatic carbocycles. The molecule has 1 aliphatic rings. The third kappa shape index (κ3) is 3.72. The minimum atomic E-state index is -0.473. The first-order valence-electron chi connectivity index (χ1n) is 7.79. The number of H-pyrrole nitrogens is 1. The second-order valence-corrected chi connectivity index (χ2v) is 5.71. The first-order chi connectivity index (χ1) is 11.0. The van der Waals surface area contributed by atoms with Crippen molar-refractivity contribution in [1.29, 1.82) is 0 Å². The predicted octanol–water partition coefficient (Wildman–Crippen LogP) is 1.16. The maximum atomic E-state index is 12.2. The van der Waals surface area contributed by atoms with Gasteiger partial charge >= 0.3 is 5.97 Å². The van der Waals surface area contributed by atoms with Crippen molar-refractivity contribution >= 4 is 17.8 Å². The van der Waals surface area contributed by atoms with E-state index in [-0.39, 0.29) is 24.8 Å². The number of aromatic amines is 1. The van der Waals surface area contributed by atoms with Crippen LogP contribution in [0.25, 0.3) is 0 Å². The number of aromatic nitrogens is 1. The fourth-order valence-electron chi connectivity index (χ4n) is 2.88. The van der Waals surface area contributed by atoms with Gasteiger partial charge in [0.15, 0.2) is 0 Å². The number of carbonyl (C=O) groups is 3. The SMILES string of the molecule is COC(=O)c1c(C)[nH]c(C(=O)NCCC(=O)N2CCCC2)c1C. The maximum Gasteiger partial charge on any atom is 0.339 e. The van der Waals surface area contributed by atoms with Crippen LogP contribution in [0, 0.1) is 13.8 Å². The van der Waals surface area contributed by atoms with Crippen LogP contribution < -0.4 is 5.32 Å². The van der Waals surface area contributed by atoms with Gasteiger partial charge in [-0.2, -0.15) is 0 Å². The van der Waals surface area contributed by atoms with E-state index in [4.69, 9.17) is 4.74 Å². The molecule has 7 heteroatoms. The van der Waals surface area contributed by atoms with Gasteiger partial charge < -0.3 is 19.9 Å². The summed E-state index contributed by atoms with van der Waals surface area (Å²) in [6, 6.07) is 0. The quantitative estimate of drug-likeness (QED) is 0.796. The lowest BCUT2D eigenvalue weighted by atomic mass is 10.1. The summed E-state index contributed by atoms with van der Waals surface area (Å²) in [5, 5.41) is 2.72. The van der Waals surface area contributed by atoms with Gasteiger partial charge in [0.2, 0.25) is 5.91 Å². The molecule has 2 N–H and O–H groups in total. The number of carbonyl (C=O) groups excluding carboxylic acids is 3. The summed E-state index contributed by atoms with van der Waals surface area (Å²) in [4.78, 5) is 40.6. The molecular formula is C16H23N3O4. The highest BCUT2D eigenvalue weighted by molar-refractivity contribution is 6.00. The monoisotopic (exact) mass is 321 g/mol. The van der Waals surface area contributed by atoms with Gasteiger partial charge in [-0.1, -0.05) is 0 Å². The molecule has 1 aromatic heterocycles. The van der Waals surface area contributed by atoms with Crippen molar-refractivity contribution in [2.45, 2.75) is 33.1 Å². The van der Waals surface area contributed by atoms with Crippen molar-refractivity contribution in [2.75, 3.05) is 26.7 Å². The lowest BCUT2D eigenvalue weighted by Crippen LogP contribution is -2.33. The Hall–Kier alpha value is -2.31. The Morgan fingerprint density at radius 3 is 2.48 bits per heavy atom. The molecule has 0 saturated carbocycles. The Balaban J connectivity index is 1.93. The zero-order valence-electron chi connectivity index (χ0n) is 13.8. The summed E-state index contributed by atoms with van der Waals surface area (Å²) in [5.41, 5.74) is 1.85. The Kier molecular flexibility index (Phi) is 5.41.